The van der Waals surface area contributed by atoms with Gasteiger partial charge < -0.3 is 5.32 Å². The normalized spacial score (nSPS) is 26.2. The Bertz CT molecular complexity index is 307. The fourth-order valence-corrected chi connectivity index (χ4v) is 3.96. The Labute approximate surface area is 110 Å². The molecule has 2 heteroatoms. The Morgan fingerprint density at radius 3 is 2.94 bits per heavy atom. The molecule has 2 rings (SSSR count). The van der Waals surface area contributed by atoms with Gasteiger partial charge in [-0.1, -0.05) is 26.7 Å². The number of aryl methyl sites for hydroxylation is 1. The molecule has 1 aliphatic carbocycles. The Morgan fingerprint density at radius 2 is 2.35 bits per heavy atom. The van der Waals surface area contributed by atoms with E-state index in [9.17, 15) is 0 Å². The maximum absolute atomic E-state index is 3.72. The molecule has 1 aliphatic rings. The summed E-state index contributed by atoms with van der Waals surface area (Å²) in [4.78, 5) is 0. The van der Waals surface area contributed by atoms with Crippen molar-refractivity contribution in [2.24, 2.45) is 11.8 Å². The van der Waals surface area contributed by atoms with Crippen molar-refractivity contribution in [1.29, 1.82) is 0 Å². The summed E-state index contributed by atoms with van der Waals surface area (Å²) in [5.41, 5.74) is 1.52. The van der Waals surface area contributed by atoms with Crippen LogP contribution in [0.3, 0.4) is 0 Å². The minimum Gasteiger partial charge on any atom is -0.314 e. The first-order valence-electron chi connectivity index (χ1n) is 7.05. The predicted molar refractivity (Wildman–Crippen MR) is 76.6 cm³/mol. The Kier molecular flexibility index (Phi) is 5.05. The highest BCUT2D eigenvalue weighted by atomic mass is 32.1. The average Bonchev–Trinajstić information content (AvgIpc) is 2.95. The third kappa shape index (κ3) is 3.56. The zero-order chi connectivity index (χ0) is 12.1. The van der Waals surface area contributed by atoms with Crippen LogP contribution in [-0.2, 0) is 6.42 Å². The van der Waals surface area contributed by atoms with E-state index in [1.807, 2.05) is 11.3 Å². The molecule has 0 aliphatic heterocycles. The summed E-state index contributed by atoms with van der Waals surface area (Å²) in [6.45, 7) is 5.78. The lowest BCUT2D eigenvalue weighted by atomic mass is 9.87. The molecule has 1 fully saturated rings. The van der Waals surface area contributed by atoms with Gasteiger partial charge in [-0.2, -0.15) is 11.3 Å². The molecular formula is C15H25NS. The zero-order valence-corrected chi connectivity index (χ0v) is 11.9. The molecule has 0 radical (unpaired) electrons. The summed E-state index contributed by atoms with van der Waals surface area (Å²) in [7, 11) is 0. The van der Waals surface area contributed by atoms with Crippen molar-refractivity contribution in [2.75, 3.05) is 6.54 Å². The van der Waals surface area contributed by atoms with Gasteiger partial charge in [-0.3, -0.25) is 0 Å². The van der Waals surface area contributed by atoms with Crippen molar-refractivity contribution in [2.45, 2.75) is 52.0 Å². The topological polar surface area (TPSA) is 12.0 Å². The molecule has 1 nitrogen and oxygen atoms in total. The van der Waals surface area contributed by atoms with Gasteiger partial charge in [0.1, 0.15) is 0 Å². The molecule has 1 aromatic rings. The largest absolute Gasteiger partial charge is 0.314 e. The maximum Gasteiger partial charge on any atom is 0.0101 e. The highest BCUT2D eigenvalue weighted by Crippen LogP contribution is 2.35. The average molecular weight is 251 g/mol. The summed E-state index contributed by atoms with van der Waals surface area (Å²) in [6.07, 6.45) is 6.85. The van der Waals surface area contributed by atoms with Gasteiger partial charge in [-0.25, -0.2) is 0 Å². The van der Waals surface area contributed by atoms with Crippen molar-refractivity contribution >= 4 is 11.3 Å². The van der Waals surface area contributed by atoms with Crippen molar-refractivity contribution in [3.63, 3.8) is 0 Å². The molecule has 3 unspecified atom stereocenters. The van der Waals surface area contributed by atoms with Crippen LogP contribution in [0.4, 0.5) is 0 Å². The van der Waals surface area contributed by atoms with E-state index in [0.717, 1.165) is 24.4 Å². The molecule has 0 spiro atoms. The predicted octanol–water partition coefficient (Wildman–Crippen LogP) is 4.10. The SMILES string of the molecule is CCNC(CCc1ccsc1)C1CCCC1C. The Hall–Kier alpha value is -0.340. The lowest BCUT2D eigenvalue weighted by Gasteiger charge is -2.27. The van der Waals surface area contributed by atoms with E-state index in [1.165, 1.54) is 37.7 Å². The highest BCUT2D eigenvalue weighted by molar-refractivity contribution is 7.07. The molecule has 1 N–H and O–H groups in total. The van der Waals surface area contributed by atoms with Gasteiger partial charge in [0.05, 0.1) is 0 Å². The lowest BCUT2D eigenvalue weighted by Crippen LogP contribution is -2.37. The molecule has 3 atom stereocenters. The van der Waals surface area contributed by atoms with Crippen LogP contribution in [-0.4, -0.2) is 12.6 Å². The number of hydrogen-bond donors (Lipinski definition) is 1. The van der Waals surface area contributed by atoms with Crippen molar-refractivity contribution in [1.82, 2.24) is 5.32 Å². The van der Waals surface area contributed by atoms with Crippen LogP contribution < -0.4 is 5.32 Å². The van der Waals surface area contributed by atoms with Crippen LogP contribution in [0, 0.1) is 11.8 Å². The standard InChI is InChI=1S/C15H25NS/c1-3-16-15(14-6-4-5-12(14)2)8-7-13-9-10-17-11-13/h9-12,14-16H,3-8H2,1-2H3. The summed E-state index contributed by atoms with van der Waals surface area (Å²) < 4.78 is 0. The monoisotopic (exact) mass is 251 g/mol. The first-order chi connectivity index (χ1) is 8.31. The summed E-state index contributed by atoms with van der Waals surface area (Å²) in [5, 5.41) is 8.20. The van der Waals surface area contributed by atoms with Crippen LogP contribution >= 0.6 is 11.3 Å². The van der Waals surface area contributed by atoms with Gasteiger partial charge >= 0.3 is 0 Å². The van der Waals surface area contributed by atoms with Gasteiger partial charge in [0.15, 0.2) is 0 Å². The van der Waals surface area contributed by atoms with Crippen LogP contribution in [0.25, 0.3) is 0 Å². The minimum absolute atomic E-state index is 0.734. The van der Waals surface area contributed by atoms with E-state index >= 15 is 0 Å². The molecule has 1 heterocycles. The number of hydrogen-bond acceptors (Lipinski definition) is 2. The molecule has 0 bridgehead atoms. The number of thiophene rings is 1. The van der Waals surface area contributed by atoms with E-state index in [2.05, 4.69) is 36.0 Å². The quantitative estimate of drug-likeness (QED) is 0.803. The van der Waals surface area contributed by atoms with E-state index in [1.54, 1.807) is 0 Å². The maximum atomic E-state index is 3.72. The van der Waals surface area contributed by atoms with Crippen molar-refractivity contribution in [3.05, 3.63) is 22.4 Å². The van der Waals surface area contributed by atoms with Crippen LogP contribution in [0.2, 0.25) is 0 Å². The Morgan fingerprint density at radius 1 is 1.47 bits per heavy atom. The van der Waals surface area contributed by atoms with Crippen LogP contribution in [0.15, 0.2) is 16.8 Å². The lowest BCUT2D eigenvalue weighted by molar-refractivity contribution is 0.287. The molecule has 0 saturated heterocycles. The second-order valence-electron chi connectivity index (χ2n) is 5.41. The van der Waals surface area contributed by atoms with Crippen LogP contribution in [0.5, 0.6) is 0 Å². The van der Waals surface area contributed by atoms with E-state index < -0.39 is 0 Å². The first-order valence-corrected chi connectivity index (χ1v) is 8.00. The van der Waals surface area contributed by atoms with E-state index in [-0.39, 0.29) is 0 Å². The smallest absolute Gasteiger partial charge is 0.0101 e. The number of rotatable bonds is 6. The molecule has 0 aromatic carbocycles. The summed E-state index contributed by atoms with van der Waals surface area (Å²) >= 11 is 1.82. The number of nitrogens with one attached hydrogen (secondary N) is 1. The first kappa shape index (κ1) is 13.1. The molecule has 0 amide bonds. The minimum atomic E-state index is 0.734. The van der Waals surface area contributed by atoms with Crippen LogP contribution in [0.1, 0.15) is 45.1 Å². The molecule has 17 heavy (non-hydrogen) atoms. The highest BCUT2D eigenvalue weighted by Gasteiger charge is 2.29. The summed E-state index contributed by atoms with van der Waals surface area (Å²) in [6, 6.07) is 3.00. The molecule has 1 aromatic heterocycles. The fraction of sp³-hybridized carbons (Fsp3) is 0.733. The zero-order valence-electron chi connectivity index (χ0n) is 11.1. The second kappa shape index (κ2) is 6.55. The second-order valence-corrected chi connectivity index (χ2v) is 6.19. The Balaban J connectivity index is 1.88. The van der Waals surface area contributed by atoms with E-state index in [0.29, 0.717) is 0 Å². The van der Waals surface area contributed by atoms with Crippen molar-refractivity contribution < 1.29 is 0 Å². The van der Waals surface area contributed by atoms with Gasteiger partial charge in [-0.15, -0.1) is 0 Å². The molecule has 96 valence electrons. The third-order valence-corrected chi connectivity index (χ3v) is 4.97. The van der Waals surface area contributed by atoms with Gasteiger partial charge in [0.25, 0.3) is 0 Å². The van der Waals surface area contributed by atoms with Gasteiger partial charge in [-0.05, 0) is 60.0 Å². The van der Waals surface area contributed by atoms with E-state index in [4.69, 9.17) is 0 Å². The summed E-state index contributed by atoms with van der Waals surface area (Å²) in [5.74, 6) is 1.83. The van der Waals surface area contributed by atoms with Gasteiger partial charge in [0.2, 0.25) is 0 Å². The third-order valence-electron chi connectivity index (χ3n) is 4.24. The molecular weight excluding hydrogens is 226 g/mol. The molecule has 1 saturated carbocycles. The van der Waals surface area contributed by atoms with Gasteiger partial charge in [0, 0.05) is 6.04 Å². The fourth-order valence-electron chi connectivity index (χ4n) is 3.26. The van der Waals surface area contributed by atoms with Crippen molar-refractivity contribution in [3.8, 4) is 0 Å².